The Kier molecular flexibility index (Phi) is 7.27. The van der Waals surface area contributed by atoms with Crippen LogP contribution < -0.4 is 17.0 Å². The maximum atomic E-state index is 13.2. The molecule has 4 aromatic heterocycles. The van der Waals surface area contributed by atoms with E-state index in [1.807, 2.05) is 0 Å². The van der Waals surface area contributed by atoms with Gasteiger partial charge in [0.1, 0.15) is 42.4 Å². The third-order valence-electron chi connectivity index (χ3n) is 7.21. The number of phosphoric acid groups is 1. The van der Waals surface area contributed by atoms with E-state index in [1.165, 1.54) is 10.9 Å². The Morgan fingerprint density at radius 2 is 1.64 bits per heavy atom. The number of aromatic amines is 1. The van der Waals surface area contributed by atoms with Crippen molar-refractivity contribution in [2.45, 2.75) is 49.3 Å². The van der Waals surface area contributed by atoms with E-state index >= 15 is 0 Å². The van der Waals surface area contributed by atoms with Gasteiger partial charge in [-0.3, -0.25) is 37.0 Å². The summed E-state index contributed by atoms with van der Waals surface area (Å²) >= 11 is 0. The summed E-state index contributed by atoms with van der Waals surface area (Å²) in [7, 11) is -9.92. The number of aliphatic hydroxyl groups excluding tert-OH is 2. The van der Waals surface area contributed by atoms with Crippen molar-refractivity contribution in [1.82, 2.24) is 39.0 Å². The van der Waals surface area contributed by atoms with Crippen LogP contribution in [0.5, 0.6) is 0 Å². The molecule has 10 atom stereocenters. The fourth-order valence-corrected chi connectivity index (χ4v) is 7.20. The van der Waals surface area contributed by atoms with Gasteiger partial charge in [0, 0.05) is 0 Å². The molecule has 7 heterocycles. The van der Waals surface area contributed by atoms with Crippen LogP contribution in [0.4, 0.5) is 11.8 Å². The topological polar surface area (TPSA) is 330 Å². The molecule has 45 heavy (non-hydrogen) atoms. The molecule has 9 N–H and O–H groups in total. The van der Waals surface area contributed by atoms with Crippen LogP contribution >= 0.6 is 15.4 Å². The normalized spacial score (nSPS) is 37.7. The third-order valence-corrected chi connectivity index (χ3v) is 9.24. The van der Waals surface area contributed by atoms with Crippen molar-refractivity contribution in [2.24, 2.45) is 0 Å². The lowest BCUT2D eigenvalue weighted by atomic mass is 10.1. The summed E-state index contributed by atoms with van der Waals surface area (Å²) in [5, 5.41) is 22.1. The zero-order chi connectivity index (χ0) is 31.8. The van der Waals surface area contributed by atoms with E-state index in [0.29, 0.717) is 0 Å². The number of hydrogen-bond donors (Lipinski definition) is 7. The van der Waals surface area contributed by atoms with E-state index in [9.17, 15) is 33.9 Å². The highest BCUT2D eigenvalue weighted by Crippen LogP contribution is 2.53. The first-order valence-electron chi connectivity index (χ1n) is 12.9. The van der Waals surface area contributed by atoms with Gasteiger partial charge in [-0.1, -0.05) is 0 Å². The number of nitrogens with two attached hydrogens (primary N) is 2. The summed E-state index contributed by atoms with van der Waals surface area (Å²) in [6.07, 6.45) is -10.7. The van der Waals surface area contributed by atoms with E-state index < -0.39 is 83.2 Å². The van der Waals surface area contributed by atoms with Gasteiger partial charge in [-0.2, -0.15) is 4.98 Å². The smallest absolute Gasteiger partial charge is 0.386 e. The second-order valence-corrected chi connectivity index (χ2v) is 13.3. The number of ether oxygens (including phenoxy) is 3. The molecule has 0 spiro atoms. The lowest BCUT2D eigenvalue weighted by Gasteiger charge is -2.25. The Morgan fingerprint density at radius 3 is 2.42 bits per heavy atom. The van der Waals surface area contributed by atoms with Gasteiger partial charge in [-0.15, -0.1) is 0 Å². The van der Waals surface area contributed by atoms with Crippen molar-refractivity contribution in [1.29, 1.82) is 0 Å². The van der Waals surface area contributed by atoms with Crippen LogP contribution in [0, 0.1) is 0 Å². The predicted octanol–water partition coefficient (Wildman–Crippen LogP) is -2.34. The first-order valence-corrected chi connectivity index (χ1v) is 16.2. The monoisotopic (exact) mass is 674 g/mol. The van der Waals surface area contributed by atoms with Gasteiger partial charge >= 0.3 is 15.4 Å². The largest absolute Gasteiger partial charge is 0.472 e. The first-order chi connectivity index (χ1) is 21.3. The fourth-order valence-electron chi connectivity index (χ4n) is 5.23. The molecule has 3 fully saturated rings. The van der Waals surface area contributed by atoms with E-state index in [1.54, 1.807) is 0 Å². The van der Waals surface area contributed by atoms with Crippen LogP contribution in [0.15, 0.2) is 23.8 Å². The zero-order valence-corrected chi connectivity index (χ0v) is 24.2. The van der Waals surface area contributed by atoms with E-state index in [4.69, 9.17) is 39.2 Å². The van der Waals surface area contributed by atoms with Gasteiger partial charge in [0.2, 0.25) is 5.95 Å². The maximum absolute atomic E-state index is 13.2. The fraction of sp³-hybridized carbons (Fsp3) is 0.500. The number of rotatable bonds is 2. The number of nitrogen functional groups attached to an aromatic ring is 2. The predicted molar refractivity (Wildman–Crippen MR) is 143 cm³/mol. The molecule has 0 saturated carbocycles. The van der Waals surface area contributed by atoms with Crippen LogP contribution in [-0.2, 0) is 36.9 Å². The summed E-state index contributed by atoms with van der Waals surface area (Å²) < 4.78 is 61.4. The average molecular weight is 674 g/mol. The summed E-state index contributed by atoms with van der Waals surface area (Å²) in [6.45, 7) is -0.824. The lowest BCUT2D eigenvalue weighted by molar-refractivity contribution is -0.168. The van der Waals surface area contributed by atoms with E-state index in [0.717, 1.165) is 17.2 Å². The molecule has 3 saturated heterocycles. The van der Waals surface area contributed by atoms with Crippen LogP contribution in [0.2, 0.25) is 0 Å². The molecule has 7 rings (SSSR count). The number of aromatic nitrogens is 8. The minimum Gasteiger partial charge on any atom is -0.386 e. The molecular formula is C20H24N10O13P2. The molecule has 2 bridgehead atoms. The molecule has 0 radical (unpaired) electrons. The Hall–Kier alpha value is -3.44. The van der Waals surface area contributed by atoms with Crippen molar-refractivity contribution < 1.29 is 56.9 Å². The highest BCUT2D eigenvalue weighted by molar-refractivity contribution is 7.52. The molecule has 0 amide bonds. The number of nitrogens with zero attached hydrogens (tertiary/aromatic N) is 7. The Bertz CT molecular complexity index is 1940. The Labute approximate surface area is 248 Å². The average Bonchev–Trinajstić information content (AvgIpc) is 3.72. The third kappa shape index (κ3) is 5.31. The number of aliphatic hydroxyl groups is 2. The maximum Gasteiger partial charge on any atom is 0.472 e. The molecule has 23 nitrogen and oxygen atoms in total. The SMILES string of the molecule is Nc1nc2c(ncn2[C@@H]2O[C@@H]3OCP(=O)(O)OC4C(O)[C@H](n5cnc6c(N)ncnc65)O[C@@H]4COP(=O)(O)OC2C3O)c(=O)[nH]1. The Balaban J connectivity index is 1.21. The number of phosphoric ester groups is 1. The molecule has 6 unspecified atom stereocenters. The zero-order valence-electron chi connectivity index (χ0n) is 22.4. The van der Waals surface area contributed by atoms with Crippen molar-refractivity contribution >= 4 is 49.5 Å². The van der Waals surface area contributed by atoms with Gasteiger partial charge in [0.05, 0.1) is 19.3 Å². The van der Waals surface area contributed by atoms with Crippen molar-refractivity contribution in [3.63, 3.8) is 0 Å². The molecule has 3 aliphatic heterocycles. The lowest BCUT2D eigenvalue weighted by Crippen LogP contribution is -2.36. The number of nitrogens with one attached hydrogen (secondary N) is 1. The second kappa shape index (κ2) is 10.8. The number of H-pyrrole nitrogens is 1. The van der Waals surface area contributed by atoms with Gasteiger partial charge < -0.3 is 45.7 Å². The highest BCUT2D eigenvalue weighted by atomic mass is 31.2. The van der Waals surface area contributed by atoms with Gasteiger partial charge in [-0.25, -0.2) is 24.5 Å². The summed E-state index contributed by atoms with van der Waals surface area (Å²) in [4.78, 5) is 55.9. The van der Waals surface area contributed by atoms with Crippen molar-refractivity contribution in [2.75, 3.05) is 24.4 Å². The molecule has 0 aliphatic carbocycles. The number of imidazole rings is 2. The minimum atomic E-state index is -5.13. The van der Waals surface area contributed by atoms with Crippen LogP contribution in [-0.4, -0.2) is 109 Å². The van der Waals surface area contributed by atoms with Crippen LogP contribution in [0.25, 0.3) is 22.3 Å². The van der Waals surface area contributed by atoms with E-state index in [2.05, 4.69) is 29.9 Å². The summed E-state index contributed by atoms with van der Waals surface area (Å²) in [5.41, 5.74) is 10.8. The van der Waals surface area contributed by atoms with Gasteiger partial charge in [0.15, 0.2) is 47.7 Å². The van der Waals surface area contributed by atoms with Crippen LogP contribution in [0.3, 0.4) is 0 Å². The van der Waals surface area contributed by atoms with E-state index in [-0.39, 0.29) is 34.1 Å². The molecular weight excluding hydrogens is 650 g/mol. The molecule has 4 aromatic rings. The first kappa shape index (κ1) is 30.2. The molecule has 242 valence electrons. The van der Waals surface area contributed by atoms with Gasteiger partial charge in [0.25, 0.3) is 5.56 Å². The summed E-state index contributed by atoms with van der Waals surface area (Å²) in [6, 6.07) is 0. The van der Waals surface area contributed by atoms with Gasteiger partial charge in [-0.05, 0) is 0 Å². The van der Waals surface area contributed by atoms with Crippen LogP contribution in [0.1, 0.15) is 12.5 Å². The highest BCUT2D eigenvalue weighted by Gasteiger charge is 2.54. The van der Waals surface area contributed by atoms with Crippen molar-refractivity contribution in [3.05, 3.63) is 29.3 Å². The standard InChI is InChI=1S/C20H24N10O13P2/c21-13-7-14(24-2-23-13)29(3-25-7)17-9(31)11-6(40-17)1-39-45(36,37)43-12-10(32)19(38-5-44(34,35)42-11)41-18(12)30-4-26-8-15(30)27-20(22)28-16(8)33/h2-4,6,9-12,17-19,31-32H,1,5H2,(H,34,35)(H,36,37)(H2,21,23,24)(H3,22,27,28,33)/t6-,9?,10?,11?,12?,17-,18-,19+/m1/s1. The Morgan fingerprint density at radius 1 is 0.911 bits per heavy atom. The molecule has 0 aromatic carbocycles. The summed E-state index contributed by atoms with van der Waals surface area (Å²) in [5.74, 6) is -0.253. The second-order valence-electron chi connectivity index (χ2n) is 10.1. The quantitative estimate of drug-likeness (QED) is 0.109. The molecule has 3 aliphatic rings. The number of fused-ring (bicyclic) bond motifs is 5. The molecule has 25 heteroatoms. The van der Waals surface area contributed by atoms with Crippen molar-refractivity contribution in [3.8, 4) is 0 Å². The minimum absolute atomic E-state index is 0.0378. The number of hydrogen-bond acceptors (Lipinski definition) is 18. The number of anilines is 2.